The van der Waals surface area contributed by atoms with E-state index in [0.29, 0.717) is 11.4 Å². The smallest absolute Gasteiger partial charge is 0.261 e. The topological polar surface area (TPSA) is 84.5 Å². The molecule has 0 aliphatic carbocycles. The molecule has 1 amide bonds. The first-order valence-electron chi connectivity index (χ1n) is 9.50. The maximum Gasteiger partial charge on any atom is 0.261 e. The molecule has 0 saturated carbocycles. The van der Waals surface area contributed by atoms with Gasteiger partial charge in [-0.05, 0) is 61.4 Å². The largest absolute Gasteiger partial charge is 0.484 e. The fourth-order valence-corrected chi connectivity index (χ4v) is 3.94. The lowest BCUT2D eigenvalue weighted by molar-refractivity contribution is -0.123. The zero-order valence-corrected chi connectivity index (χ0v) is 17.6. The summed E-state index contributed by atoms with van der Waals surface area (Å²) in [5.41, 5.74) is 2.46. The second kappa shape index (κ2) is 9.45. The van der Waals surface area contributed by atoms with Gasteiger partial charge in [-0.15, -0.1) is 0 Å². The van der Waals surface area contributed by atoms with Crippen LogP contribution in [-0.2, 0) is 14.8 Å². The fraction of sp³-hybridized carbons (Fsp3) is 0.174. The van der Waals surface area contributed by atoms with Crippen LogP contribution in [0.3, 0.4) is 0 Å². The summed E-state index contributed by atoms with van der Waals surface area (Å²) in [6.07, 6.45) is 0. The minimum absolute atomic E-state index is 0.110. The number of nitrogens with one attached hydrogen (secondary N) is 2. The monoisotopic (exact) mass is 424 g/mol. The first kappa shape index (κ1) is 21.4. The Morgan fingerprint density at radius 2 is 1.67 bits per heavy atom. The van der Waals surface area contributed by atoms with Crippen molar-refractivity contribution >= 4 is 21.6 Å². The number of sulfonamides is 1. The van der Waals surface area contributed by atoms with E-state index in [1.165, 1.54) is 24.3 Å². The maximum absolute atomic E-state index is 12.5. The van der Waals surface area contributed by atoms with Crippen LogP contribution in [0.2, 0.25) is 0 Å². The number of hydrogen-bond acceptors (Lipinski definition) is 4. The normalized spacial score (nSPS) is 12.1. The van der Waals surface area contributed by atoms with E-state index in [1.54, 1.807) is 18.2 Å². The predicted molar refractivity (Wildman–Crippen MR) is 117 cm³/mol. The van der Waals surface area contributed by atoms with E-state index >= 15 is 0 Å². The number of carbonyl (C=O) groups excluding carboxylic acids is 1. The van der Waals surface area contributed by atoms with Crippen LogP contribution in [0.4, 0.5) is 5.69 Å². The molecule has 0 aliphatic rings. The SMILES string of the molecule is Cc1cccc(NS(=O)(=O)c2ccc(OCC(=O)N[C@H](C)c3ccccc3)cc2)c1. The van der Waals surface area contributed by atoms with Gasteiger partial charge in [0.25, 0.3) is 15.9 Å². The average molecular weight is 425 g/mol. The molecule has 3 aromatic rings. The van der Waals surface area contributed by atoms with Gasteiger partial charge in [0, 0.05) is 5.69 Å². The van der Waals surface area contributed by atoms with Crippen molar-refractivity contribution in [1.29, 1.82) is 0 Å². The molecule has 0 saturated heterocycles. The summed E-state index contributed by atoms with van der Waals surface area (Å²) in [4.78, 5) is 12.2. The Morgan fingerprint density at radius 3 is 2.33 bits per heavy atom. The number of anilines is 1. The Morgan fingerprint density at radius 1 is 0.967 bits per heavy atom. The average Bonchev–Trinajstić information content (AvgIpc) is 2.73. The summed E-state index contributed by atoms with van der Waals surface area (Å²) in [5.74, 6) is 0.149. The van der Waals surface area contributed by atoms with E-state index in [0.717, 1.165) is 11.1 Å². The Bertz CT molecular complexity index is 1100. The summed E-state index contributed by atoms with van der Waals surface area (Å²) >= 11 is 0. The molecule has 0 fully saturated rings. The van der Waals surface area contributed by atoms with Crippen molar-refractivity contribution in [2.24, 2.45) is 0 Å². The fourth-order valence-electron chi connectivity index (χ4n) is 2.89. The molecular weight excluding hydrogens is 400 g/mol. The van der Waals surface area contributed by atoms with Crippen molar-refractivity contribution < 1.29 is 17.9 Å². The van der Waals surface area contributed by atoms with Crippen molar-refractivity contribution in [3.8, 4) is 5.75 Å². The van der Waals surface area contributed by atoms with Gasteiger partial charge < -0.3 is 10.1 Å². The molecule has 0 aromatic heterocycles. The minimum Gasteiger partial charge on any atom is -0.484 e. The molecule has 0 bridgehead atoms. The molecular formula is C23H24N2O4S. The van der Waals surface area contributed by atoms with Crippen LogP contribution < -0.4 is 14.8 Å². The van der Waals surface area contributed by atoms with Crippen molar-refractivity contribution in [3.05, 3.63) is 90.0 Å². The van der Waals surface area contributed by atoms with Gasteiger partial charge in [-0.3, -0.25) is 9.52 Å². The molecule has 7 heteroatoms. The quantitative estimate of drug-likeness (QED) is 0.571. The van der Waals surface area contributed by atoms with Crippen LogP contribution in [0.5, 0.6) is 5.75 Å². The zero-order valence-electron chi connectivity index (χ0n) is 16.8. The molecule has 0 spiro atoms. The third kappa shape index (κ3) is 5.84. The first-order chi connectivity index (χ1) is 14.3. The van der Waals surface area contributed by atoms with Crippen LogP contribution in [0.1, 0.15) is 24.1 Å². The highest BCUT2D eigenvalue weighted by Gasteiger charge is 2.15. The first-order valence-corrected chi connectivity index (χ1v) is 11.0. The molecule has 0 unspecified atom stereocenters. The third-order valence-corrected chi connectivity index (χ3v) is 5.85. The van der Waals surface area contributed by atoms with Gasteiger partial charge in [0.15, 0.2) is 6.61 Å². The summed E-state index contributed by atoms with van der Waals surface area (Å²) in [7, 11) is -3.71. The van der Waals surface area contributed by atoms with E-state index < -0.39 is 10.0 Å². The number of aryl methyl sites for hydroxylation is 1. The molecule has 156 valence electrons. The molecule has 1 atom stereocenters. The molecule has 3 rings (SSSR count). The molecule has 0 heterocycles. The van der Waals surface area contributed by atoms with Crippen LogP contribution >= 0.6 is 0 Å². The van der Waals surface area contributed by atoms with E-state index in [-0.39, 0.29) is 23.5 Å². The second-order valence-electron chi connectivity index (χ2n) is 6.93. The van der Waals surface area contributed by atoms with Crippen molar-refractivity contribution in [2.45, 2.75) is 24.8 Å². The number of amides is 1. The number of hydrogen-bond donors (Lipinski definition) is 2. The van der Waals surface area contributed by atoms with E-state index in [4.69, 9.17) is 4.74 Å². The van der Waals surface area contributed by atoms with Crippen molar-refractivity contribution in [1.82, 2.24) is 5.32 Å². The maximum atomic E-state index is 12.5. The number of carbonyl (C=O) groups is 1. The van der Waals surface area contributed by atoms with E-state index in [9.17, 15) is 13.2 Å². The van der Waals surface area contributed by atoms with Crippen LogP contribution in [0.25, 0.3) is 0 Å². The van der Waals surface area contributed by atoms with Crippen LogP contribution in [0, 0.1) is 6.92 Å². The number of ether oxygens (including phenoxy) is 1. The van der Waals surface area contributed by atoms with E-state index in [2.05, 4.69) is 10.0 Å². The Balaban J connectivity index is 1.55. The lowest BCUT2D eigenvalue weighted by Crippen LogP contribution is -2.31. The zero-order chi connectivity index (χ0) is 21.6. The summed E-state index contributed by atoms with van der Waals surface area (Å²) in [6, 6.07) is 22.5. The van der Waals surface area contributed by atoms with E-state index in [1.807, 2.05) is 50.2 Å². The highest BCUT2D eigenvalue weighted by atomic mass is 32.2. The van der Waals surface area contributed by atoms with Gasteiger partial charge in [-0.25, -0.2) is 8.42 Å². The lowest BCUT2D eigenvalue weighted by atomic mass is 10.1. The summed E-state index contributed by atoms with van der Waals surface area (Å²) in [6.45, 7) is 3.62. The summed E-state index contributed by atoms with van der Waals surface area (Å²) < 4.78 is 33.1. The van der Waals surface area contributed by atoms with Gasteiger partial charge >= 0.3 is 0 Å². The van der Waals surface area contributed by atoms with Gasteiger partial charge in [-0.2, -0.15) is 0 Å². The lowest BCUT2D eigenvalue weighted by Gasteiger charge is -2.15. The highest BCUT2D eigenvalue weighted by Crippen LogP contribution is 2.20. The Labute approximate surface area is 177 Å². The summed E-state index contributed by atoms with van der Waals surface area (Å²) in [5, 5.41) is 2.86. The van der Waals surface area contributed by atoms with Crippen molar-refractivity contribution in [2.75, 3.05) is 11.3 Å². The molecule has 2 N–H and O–H groups in total. The highest BCUT2D eigenvalue weighted by molar-refractivity contribution is 7.92. The predicted octanol–water partition coefficient (Wildman–Crippen LogP) is 4.05. The molecule has 6 nitrogen and oxygen atoms in total. The third-order valence-electron chi connectivity index (χ3n) is 4.45. The molecule has 30 heavy (non-hydrogen) atoms. The standard InChI is InChI=1S/C23H24N2O4S/c1-17-7-6-10-20(15-17)25-30(27,28)22-13-11-21(12-14-22)29-16-23(26)24-18(2)19-8-4-3-5-9-19/h3-15,18,25H,16H2,1-2H3,(H,24,26)/t18-/m1/s1. The Hall–Kier alpha value is -3.32. The molecule has 0 radical (unpaired) electrons. The van der Waals surface area contributed by atoms with Gasteiger partial charge in [0.05, 0.1) is 10.9 Å². The minimum atomic E-state index is -3.71. The molecule has 3 aromatic carbocycles. The van der Waals surface area contributed by atoms with Gasteiger partial charge in [0.2, 0.25) is 0 Å². The van der Waals surface area contributed by atoms with Crippen molar-refractivity contribution in [3.63, 3.8) is 0 Å². The van der Waals surface area contributed by atoms with Gasteiger partial charge in [-0.1, -0.05) is 42.5 Å². The molecule has 0 aliphatic heterocycles. The van der Waals surface area contributed by atoms with Crippen LogP contribution in [-0.4, -0.2) is 20.9 Å². The van der Waals surface area contributed by atoms with Gasteiger partial charge in [0.1, 0.15) is 5.75 Å². The van der Waals surface area contributed by atoms with Crippen LogP contribution in [0.15, 0.2) is 83.8 Å². The number of rotatable bonds is 8. The second-order valence-corrected chi connectivity index (χ2v) is 8.62. The number of benzene rings is 3. The Kier molecular flexibility index (Phi) is 6.74.